The first-order valence-corrected chi connectivity index (χ1v) is 8.38. The second-order valence-corrected chi connectivity index (χ2v) is 6.40. The molecule has 0 saturated carbocycles. The van der Waals surface area contributed by atoms with Gasteiger partial charge in [-0.1, -0.05) is 6.92 Å². The van der Waals surface area contributed by atoms with E-state index in [4.69, 9.17) is 0 Å². The largest absolute Gasteiger partial charge is 0.481 e. The quantitative estimate of drug-likeness (QED) is 0.764. The number of hydrogen-bond donors (Lipinski definition) is 2. The number of aliphatic carboxylic acids is 1. The molecule has 132 valence electrons. The summed E-state index contributed by atoms with van der Waals surface area (Å²) in [6.07, 6.45) is 0.334. The van der Waals surface area contributed by atoms with Crippen LogP contribution in [0.3, 0.4) is 0 Å². The molecule has 0 bridgehead atoms. The topological polar surface area (TPSA) is 104 Å². The van der Waals surface area contributed by atoms with E-state index in [1.807, 2.05) is 0 Å². The first kappa shape index (κ1) is 16.8. The third-order valence-electron chi connectivity index (χ3n) is 4.90. The predicted octanol–water partition coefficient (Wildman–Crippen LogP) is -0.500. The van der Waals surface area contributed by atoms with Crippen LogP contribution in [0.2, 0.25) is 0 Å². The Bertz CT molecular complexity index is 623. The van der Waals surface area contributed by atoms with Gasteiger partial charge < -0.3 is 10.0 Å². The highest BCUT2D eigenvalue weighted by Crippen LogP contribution is 2.26. The number of carbonyl (C=O) groups excluding carboxylic acids is 1. The number of amides is 1. The van der Waals surface area contributed by atoms with Crippen LogP contribution in [0, 0.1) is 5.92 Å². The third-order valence-corrected chi connectivity index (χ3v) is 4.90. The summed E-state index contributed by atoms with van der Waals surface area (Å²) in [5, 5.41) is 16.5. The summed E-state index contributed by atoms with van der Waals surface area (Å²) in [6.45, 7) is 8.70. The van der Waals surface area contributed by atoms with E-state index >= 15 is 0 Å². The average molecular weight is 336 g/mol. The second kappa shape index (κ2) is 6.86. The van der Waals surface area contributed by atoms with Crippen LogP contribution in [-0.4, -0.2) is 80.3 Å². The molecule has 0 radical (unpaired) electrons. The molecule has 1 aromatic rings. The Balaban J connectivity index is 1.77. The molecule has 3 rings (SSSR count). The van der Waals surface area contributed by atoms with Gasteiger partial charge in [-0.25, -0.2) is 4.68 Å². The number of fused-ring (bicyclic) bond motifs is 1. The Kier molecular flexibility index (Phi) is 4.81. The molecule has 1 fully saturated rings. The van der Waals surface area contributed by atoms with Gasteiger partial charge in [-0.2, -0.15) is 4.98 Å². The molecule has 2 atom stereocenters. The van der Waals surface area contributed by atoms with E-state index in [1.54, 1.807) is 4.68 Å². The lowest BCUT2D eigenvalue weighted by atomic mass is 9.91. The molecule has 9 nitrogen and oxygen atoms in total. The van der Waals surface area contributed by atoms with Crippen LogP contribution >= 0.6 is 0 Å². The molecular formula is C15H24N6O3. The van der Waals surface area contributed by atoms with Gasteiger partial charge in [0.15, 0.2) is 0 Å². The number of piperazine rings is 1. The van der Waals surface area contributed by atoms with Crippen molar-refractivity contribution in [2.45, 2.75) is 32.9 Å². The summed E-state index contributed by atoms with van der Waals surface area (Å²) in [7, 11) is 0. The Morgan fingerprint density at radius 2 is 2.00 bits per heavy atom. The zero-order valence-electron chi connectivity index (χ0n) is 14.1. The van der Waals surface area contributed by atoms with E-state index < -0.39 is 11.9 Å². The summed E-state index contributed by atoms with van der Waals surface area (Å²) in [6, 6.07) is -0.0964. The lowest BCUT2D eigenvalue weighted by Gasteiger charge is -2.42. The van der Waals surface area contributed by atoms with Gasteiger partial charge in [-0.3, -0.25) is 19.8 Å². The molecule has 0 aliphatic carbocycles. The van der Waals surface area contributed by atoms with Crippen LogP contribution in [0.5, 0.6) is 0 Å². The number of nitrogens with one attached hydrogen (secondary N) is 1. The smallest absolute Gasteiger partial charge is 0.308 e. The van der Waals surface area contributed by atoms with E-state index in [0.717, 1.165) is 32.7 Å². The molecule has 1 saturated heterocycles. The molecule has 1 aromatic heterocycles. The lowest BCUT2D eigenvalue weighted by molar-refractivity contribution is -0.145. The minimum absolute atomic E-state index is 0.0964. The van der Waals surface area contributed by atoms with Crippen molar-refractivity contribution in [3.63, 3.8) is 0 Å². The number of carbonyl (C=O) groups is 2. The van der Waals surface area contributed by atoms with Crippen molar-refractivity contribution < 1.29 is 14.7 Å². The van der Waals surface area contributed by atoms with Crippen LogP contribution in [0.25, 0.3) is 0 Å². The van der Waals surface area contributed by atoms with Crippen molar-refractivity contribution in [1.82, 2.24) is 24.6 Å². The fourth-order valence-electron chi connectivity index (χ4n) is 3.55. The minimum Gasteiger partial charge on any atom is -0.481 e. The van der Waals surface area contributed by atoms with E-state index in [2.05, 4.69) is 32.1 Å². The highest BCUT2D eigenvalue weighted by molar-refractivity contribution is 5.86. The molecular weight excluding hydrogens is 312 g/mol. The summed E-state index contributed by atoms with van der Waals surface area (Å²) in [5.41, 5.74) is 0. The van der Waals surface area contributed by atoms with Crippen LogP contribution in [-0.2, 0) is 22.6 Å². The van der Waals surface area contributed by atoms with Crippen LogP contribution in [0.1, 0.15) is 19.7 Å². The van der Waals surface area contributed by atoms with Crippen molar-refractivity contribution in [2.24, 2.45) is 5.92 Å². The van der Waals surface area contributed by atoms with Crippen LogP contribution in [0.15, 0.2) is 0 Å². The van der Waals surface area contributed by atoms with E-state index in [-0.39, 0.29) is 17.9 Å². The zero-order valence-corrected chi connectivity index (χ0v) is 14.1. The van der Waals surface area contributed by atoms with Gasteiger partial charge in [-0.15, -0.1) is 5.10 Å². The molecule has 2 N–H and O–H groups in total. The number of rotatable bonds is 4. The normalized spacial score (nSPS) is 25.2. The van der Waals surface area contributed by atoms with Gasteiger partial charge in [0.2, 0.25) is 11.9 Å². The number of anilines is 1. The number of nitrogens with zero attached hydrogens (tertiary/aromatic N) is 5. The lowest BCUT2D eigenvalue weighted by Crippen LogP contribution is -2.56. The van der Waals surface area contributed by atoms with Crippen molar-refractivity contribution in [1.29, 1.82) is 0 Å². The average Bonchev–Trinajstić information content (AvgIpc) is 2.94. The highest BCUT2D eigenvalue weighted by Gasteiger charge is 2.39. The van der Waals surface area contributed by atoms with E-state index in [0.29, 0.717) is 18.8 Å². The highest BCUT2D eigenvalue weighted by atomic mass is 16.4. The molecule has 9 heteroatoms. The fourth-order valence-corrected chi connectivity index (χ4v) is 3.55. The van der Waals surface area contributed by atoms with E-state index in [9.17, 15) is 14.7 Å². The summed E-state index contributed by atoms with van der Waals surface area (Å²) < 4.78 is 1.74. The maximum atomic E-state index is 11.8. The Labute approximate surface area is 140 Å². The Morgan fingerprint density at radius 3 is 2.58 bits per heavy atom. The molecule has 1 amide bonds. The standard InChI is InChI=1S/C15H24N6O3/c1-3-19-4-6-20(7-5-19)12-9-21-13(8-11(12)14(23)24)17-15(18-21)16-10(2)22/h11-12H,3-9H2,1-2H3,(H,23,24)(H,16,18,22). The summed E-state index contributed by atoms with van der Waals surface area (Å²) in [4.78, 5) is 31.8. The molecule has 2 unspecified atom stereocenters. The van der Waals surface area contributed by atoms with Gasteiger partial charge in [0.25, 0.3) is 0 Å². The number of carboxylic acid groups (broad SMARTS) is 1. The molecule has 0 spiro atoms. The van der Waals surface area contributed by atoms with E-state index in [1.165, 1.54) is 6.92 Å². The molecule has 24 heavy (non-hydrogen) atoms. The van der Waals surface area contributed by atoms with Crippen molar-refractivity contribution >= 4 is 17.8 Å². The third kappa shape index (κ3) is 3.41. The summed E-state index contributed by atoms with van der Waals surface area (Å²) in [5.74, 6) is -0.666. The number of hydrogen-bond acceptors (Lipinski definition) is 6. The SMILES string of the molecule is CCN1CCN(C2Cn3nc(NC(C)=O)nc3CC2C(=O)O)CC1. The first-order valence-electron chi connectivity index (χ1n) is 8.38. The summed E-state index contributed by atoms with van der Waals surface area (Å²) >= 11 is 0. The van der Waals surface area contributed by atoms with Gasteiger partial charge in [0, 0.05) is 45.6 Å². The van der Waals surface area contributed by atoms with Crippen molar-refractivity contribution in [3.05, 3.63) is 5.82 Å². The van der Waals surface area contributed by atoms with Gasteiger partial charge in [0.1, 0.15) is 5.82 Å². The Morgan fingerprint density at radius 1 is 1.29 bits per heavy atom. The number of aromatic nitrogens is 3. The van der Waals surface area contributed by atoms with Crippen LogP contribution in [0.4, 0.5) is 5.95 Å². The molecule has 0 aromatic carbocycles. The number of carboxylic acids is 1. The maximum absolute atomic E-state index is 11.8. The minimum atomic E-state index is -0.798. The zero-order chi connectivity index (χ0) is 17.3. The van der Waals surface area contributed by atoms with Gasteiger partial charge in [0.05, 0.1) is 12.5 Å². The first-order chi connectivity index (χ1) is 11.5. The Hall–Kier alpha value is -2.00. The molecule has 2 aliphatic rings. The van der Waals surface area contributed by atoms with Gasteiger partial charge in [-0.05, 0) is 6.54 Å². The van der Waals surface area contributed by atoms with Crippen LogP contribution < -0.4 is 5.32 Å². The second-order valence-electron chi connectivity index (χ2n) is 6.40. The fraction of sp³-hybridized carbons (Fsp3) is 0.733. The molecule has 3 heterocycles. The molecule has 2 aliphatic heterocycles. The predicted molar refractivity (Wildman–Crippen MR) is 86.6 cm³/mol. The van der Waals surface area contributed by atoms with Crippen molar-refractivity contribution in [2.75, 3.05) is 38.0 Å². The number of likely N-dealkylation sites (N-methyl/N-ethyl adjacent to an activating group) is 1. The van der Waals surface area contributed by atoms with Crippen molar-refractivity contribution in [3.8, 4) is 0 Å². The monoisotopic (exact) mass is 336 g/mol. The maximum Gasteiger partial charge on any atom is 0.308 e. The van der Waals surface area contributed by atoms with Gasteiger partial charge >= 0.3 is 5.97 Å².